The minimum Gasteiger partial charge on any atom is -0.469 e. The van der Waals surface area contributed by atoms with E-state index in [0.717, 1.165) is 17.0 Å². The average molecular weight is 420 g/mol. The van der Waals surface area contributed by atoms with Crippen molar-refractivity contribution in [3.63, 3.8) is 0 Å². The van der Waals surface area contributed by atoms with Crippen LogP contribution in [0.2, 0.25) is 0 Å². The molecule has 8 nitrogen and oxygen atoms in total. The van der Waals surface area contributed by atoms with E-state index < -0.39 is 5.97 Å². The van der Waals surface area contributed by atoms with Gasteiger partial charge >= 0.3 is 11.9 Å². The van der Waals surface area contributed by atoms with Crippen molar-refractivity contribution in [2.45, 2.75) is 12.8 Å². The lowest BCUT2D eigenvalue weighted by Crippen LogP contribution is -2.14. The fourth-order valence-corrected chi connectivity index (χ4v) is 3.27. The van der Waals surface area contributed by atoms with Gasteiger partial charge in [-0.3, -0.25) is 10.2 Å². The van der Waals surface area contributed by atoms with Gasteiger partial charge in [0.25, 0.3) is 0 Å². The van der Waals surface area contributed by atoms with Gasteiger partial charge in [-0.2, -0.15) is 0 Å². The van der Waals surface area contributed by atoms with Gasteiger partial charge in [0, 0.05) is 36.4 Å². The number of aromatic nitrogens is 2. The first kappa shape index (κ1) is 21.8. The maximum absolute atomic E-state index is 11.8. The standard InChI is InChI=1S/C23H24N4O4/c1-27-13-19(17-10-9-16(23(29)31-3)12-18(17)21(24)25)26-22(27)15-7-4-14(5-8-15)6-11-20(28)30-2/h4-5,7-10,12-13H,6,11H2,1-3H3,(H3,24,25). The number of amidine groups is 1. The molecule has 0 unspecified atom stereocenters. The van der Waals surface area contributed by atoms with Gasteiger partial charge in [-0.15, -0.1) is 0 Å². The third-order valence-electron chi connectivity index (χ3n) is 4.94. The summed E-state index contributed by atoms with van der Waals surface area (Å²) < 4.78 is 11.3. The molecule has 0 spiro atoms. The number of hydrogen-bond acceptors (Lipinski definition) is 6. The number of imidazole rings is 1. The number of esters is 2. The average Bonchev–Trinajstić information content (AvgIpc) is 3.18. The minimum absolute atomic E-state index is 0.164. The molecular formula is C23H24N4O4. The number of nitrogen functional groups attached to an aromatic ring is 1. The van der Waals surface area contributed by atoms with Gasteiger partial charge < -0.3 is 19.8 Å². The topological polar surface area (TPSA) is 120 Å². The molecule has 1 aromatic heterocycles. The Morgan fingerprint density at radius 3 is 2.42 bits per heavy atom. The highest BCUT2D eigenvalue weighted by Crippen LogP contribution is 2.28. The molecule has 3 N–H and O–H groups in total. The number of ether oxygens (including phenoxy) is 2. The molecule has 0 atom stereocenters. The van der Waals surface area contributed by atoms with Crippen LogP contribution < -0.4 is 5.73 Å². The first-order valence-electron chi connectivity index (χ1n) is 9.60. The summed E-state index contributed by atoms with van der Waals surface area (Å²) >= 11 is 0. The third kappa shape index (κ3) is 4.80. The van der Waals surface area contributed by atoms with Crippen molar-refractivity contribution in [2.75, 3.05) is 14.2 Å². The van der Waals surface area contributed by atoms with E-state index in [4.69, 9.17) is 20.9 Å². The maximum atomic E-state index is 11.8. The summed E-state index contributed by atoms with van der Waals surface area (Å²) in [5, 5.41) is 7.91. The van der Waals surface area contributed by atoms with Crippen LogP contribution in [0.25, 0.3) is 22.6 Å². The van der Waals surface area contributed by atoms with Crippen molar-refractivity contribution >= 4 is 17.8 Å². The fraction of sp³-hybridized carbons (Fsp3) is 0.217. The van der Waals surface area contributed by atoms with E-state index in [1.54, 1.807) is 12.1 Å². The van der Waals surface area contributed by atoms with Gasteiger partial charge in [0.2, 0.25) is 0 Å². The number of carbonyl (C=O) groups excluding carboxylic acids is 2. The first-order chi connectivity index (χ1) is 14.8. The van der Waals surface area contributed by atoms with E-state index in [1.165, 1.54) is 20.3 Å². The number of nitrogens with one attached hydrogen (secondary N) is 1. The first-order valence-corrected chi connectivity index (χ1v) is 9.60. The van der Waals surface area contributed by atoms with E-state index in [0.29, 0.717) is 35.2 Å². The zero-order valence-electron chi connectivity index (χ0n) is 17.6. The maximum Gasteiger partial charge on any atom is 0.337 e. The third-order valence-corrected chi connectivity index (χ3v) is 4.94. The van der Waals surface area contributed by atoms with E-state index in [1.807, 2.05) is 42.1 Å². The van der Waals surface area contributed by atoms with E-state index >= 15 is 0 Å². The van der Waals surface area contributed by atoms with Crippen LogP contribution in [0.4, 0.5) is 0 Å². The molecule has 0 aliphatic heterocycles. The Morgan fingerprint density at radius 1 is 1.10 bits per heavy atom. The Labute approximate surface area is 180 Å². The van der Waals surface area contributed by atoms with Crippen molar-refractivity contribution in [1.82, 2.24) is 9.55 Å². The van der Waals surface area contributed by atoms with Crippen LogP contribution in [-0.2, 0) is 27.7 Å². The summed E-state index contributed by atoms with van der Waals surface area (Å²) in [7, 11) is 4.56. The molecule has 0 fully saturated rings. The molecule has 0 saturated carbocycles. The monoisotopic (exact) mass is 420 g/mol. The number of nitrogens with two attached hydrogens (primary N) is 1. The molecule has 3 rings (SSSR count). The van der Waals surface area contributed by atoms with E-state index in [2.05, 4.69) is 4.74 Å². The highest BCUT2D eigenvalue weighted by atomic mass is 16.5. The van der Waals surface area contributed by atoms with Gasteiger partial charge in [0.15, 0.2) is 0 Å². The molecule has 8 heteroatoms. The van der Waals surface area contributed by atoms with Gasteiger partial charge in [-0.1, -0.05) is 30.3 Å². The summed E-state index contributed by atoms with van der Waals surface area (Å²) in [5.74, 6) is -0.163. The minimum atomic E-state index is -0.497. The Morgan fingerprint density at radius 2 is 1.81 bits per heavy atom. The van der Waals surface area contributed by atoms with Crippen molar-refractivity contribution in [2.24, 2.45) is 12.8 Å². The molecule has 0 saturated heterocycles. The lowest BCUT2D eigenvalue weighted by Gasteiger charge is -2.08. The summed E-state index contributed by atoms with van der Waals surface area (Å²) in [6.07, 6.45) is 2.78. The predicted octanol–water partition coefficient (Wildman–Crippen LogP) is 2.93. The van der Waals surface area contributed by atoms with Gasteiger partial charge in [-0.25, -0.2) is 9.78 Å². The molecular weight excluding hydrogens is 396 g/mol. The Hall–Kier alpha value is -3.94. The molecule has 160 valence electrons. The van der Waals surface area contributed by atoms with Crippen molar-refractivity contribution in [3.05, 3.63) is 65.4 Å². The van der Waals surface area contributed by atoms with Crippen LogP contribution >= 0.6 is 0 Å². The zero-order valence-corrected chi connectivity index (χ0v) is 17.6. The smallest absolute Gasteiger partial charge is 0.337 e. The van der Waals surface area contributed by atoms with Crippen LogP contribution in [-0.4, -0.2) is 41.5 Å². The molecule has 0 aliphatic carbocycles. The van der Waals surface area contributed by atoms with Crippen LogP contribution in [0.15, 0.2) is 48.7 Å². The number of nitrogens with zero attached hydrogens (tertiary/aromatic N) is 2. The van der Waals surface area contributed by atoms with Crippen molar-refractivity contribution < 1.29 is 19.1 Å². The number of methoxy groups -OCH3 is 2. The quantitative estimate of drug-likeness (QED) is 0.344. The largest absolute Gasteiger partial charge is 0.469 e. The second-order valence-corrected chi connectivity index (χ2v) is 7.00. The van der Waals surface area contributed by atoms with Crippen LogP contribution in [0.3, 0.4) is 0 Å². The van der Waals surface area contributed by atoms with Gasteiger partial charge in [0.05, 0.1) is 25.5 Å². The normalized spacial score (nSPS) is 10.5. The molecule has 0 amide bonds. The molecule has 31 heavy (non-hydrogen) atoms. The summed E-state index contributed by atoms with van der Waals surface area (Å²) in [6, 6.07) is 12.7. The highest BCUT2D eigenvalue weighted by molar-refractivity contribution is 6.03. The SMILES string of the molecule is COC(=O)CCc1ccc(-c2nc(-c3ccc(C(=O)OC)cc3C(=N)N)cn2C)cc1. The van der Waals surface area contributed by atoms with Crippen molar-refractivity contribution in [3.8, 4) is 22.6 Å². The van der Waals surface area contributed by atoms with Crippen LogP contribution in [0.5, 0.6) is 0 Å². The Bertz CT molecular complexity index is 1130. The van der Waals surface area contributed by atoms with Gasteiger partial charge in [0.1, 0.15) is 11.7 Å². The number of aryl methyl sites for hydroxylation is 2. The lowest BCUT2D eigenvalue weighted by atomic mass is 10.0. The second kappa shape index (κ2) is 9.25. The van der Waals surface area contributed by atoms with Crippen molar-refractivity contribution in [1.29, 1.82) is 5.41 Å². The number of rotatable bonds is 7. The van der Waals surface area contributed by atoms with Crippen LogP contribution in [0.1, 0.15) is 27.9 Å². The Balaban J connectivity index is 1.91. The predicted molar refractivity (Wildman–Crippen MR) is 117 cm³/mol. The van der Waals surface area contributed by atoms with E-state index in [9.17, 15) is 9.59 Å². The molecule has 3 aromatic rings. The second-order valence-electron chi connectivity index (χ2n) is 7.00. The lowest BCUT2D eigenvalue weighted by molar-refractivity contribution is -0.140. The Kier molecular flexibility index (Phi) is 6.49. The molecule has 1 heterocycles. The van der Waals surface area contributed by atoms with Gasteiger partial charge in [-0.05, 0) is 24.1 Å². The van der Waals surface area contributed by atoms with Crippen LogP contribution in [0, 0.1) is 5.41 Å². The fourth-order valence-electron chi connectivity index (χ4n) is 3.27. The number of hydrogen-bond donors (Lipinski definition) is 2. The molecule has 0 aliphatic rings. The molecule has 0 bridgehead atoms. The highest BCUT2D eigenvalue weighted by Gasteiger charge is 2.17. The summed E-state index contributed by atoms with van der Waals surface area (Å²) in [6.45, 7) is 0. The molecule has 0 radical (unpaired) electrons. The number of benzene rings is 2. The summed E-state index contributed by atoms with van der Waals surface area (Å²) in [4.78, 5) is 27.9. The summed E-state index contributed by atoms with van der Waals surface area (Å²) in [5.41, 5.74) is 9.70. The van der Waals surface area contributed by atoms with E-state index in [-0.39, 0.29) is 11.8 Å². The molecule has 2 aromatic carbocycles. The zero-order chi connectivity index (χ0) is 22.5. The number of carbonyl (C=O) groups is 2.